The van der Waals surface area contributed by atoms with Crippen LogP contribution in [0.5, 0.6) is 0 Å². The van der Waals surface area contributed by atoms with E-state index >= 15 is 0 Å². The molecule has 2 nitrogen and oxygen atoms in total. The lowest BCUT2D eigenvalue weighted by Crippen LogP contribution is -2.27. The molecule has 0 aliphatic rings. The van der Waals surface area contributed by atoms with E-state index in [4.69, 9.17) is 0 Å². The molecule has 0 aliphatic heterocycles. The Labute approximate surface area is 143 Å². The SMILES string of the molecule is CC(c1ccc(F)cc1)N(C)C(=O)/C=C/c1ccc(C(F)(F)F)cc1. The zero-order chi connectivity index (χ0) is 18.6. The van der Waals surface area contributed by atoms with E-state index in [-0.39, 0.29) is 17.8 Å². The highest BCUT2D eigenvalue weighted by atomic mass is 19.4. The first-order valence-electron chi connectivity index (χ1n) is 7.56. The number of likely N-dealkylation sites (N-methyl/N-ethyl adjacent to an activating group) is 1. The van der Waals surface area contributed by atoms with E-state index in [1.54, 1.807) is 26.1 Å². The second kappa shape index (κ2) is 7.51. The van der Waals surface area contributed by atoms with E-state index in [9.17, 15) is 22.4 Å². The third-order valence-electron chi connectivity index (χ3n) is 3.94. The van der Waals surface area contributed by atoms with Crippen LogP contribution in [0.15, 0.2) is 54.6 Å². The highest BCUT2D eigenvalue weighted by Gasteiger charge is 2.29. The number of halogens is 4. The summed E-state index contributed by atoms with van der Waals surface area (Å²) in [5.41, 5.74) is 0.530. The number of alkyl halides is 3. The third-order valence-corrected chi connectivity index (χ3v) is 3.94. The van der Waals surface area contributed by atoms with E-state index in [1.807, 2.05) is 0 Å². The smallest absolute Gasteiger partial charge is 0.335 e. The lowest BCUT2D eigenvalue weighted by atomic mass is 10.1. The molecule has 0 fully saturated rings. The lowest BCUT2D eigenvalue weighted by molar-refractivity contribution is -0.137. The van der Waals surface area contributed by atoms with Crippen molar-refractivity contribution < 1.29 is 22.4 Å². The molecule has 0 heterocycles. The molecule has 2 rings (SSSR count). The molecule has 6 heteroatoms. The summed E-state index contributed by atoms with van der Waals surface area (Å²) in [4.78, 5) is 13.7. The molecule has 0 N–H and O–H groups in total. The van der Waals surface area contributed by atoms with Crippen molar-refractivity contribution in [1.29, 1.82) is 0 Å². The Bertz CT molecular complexity index is 748. The summed E-state index contributed by atoms with van der Waals surface area (Å²) in [6.45, 7) is 1.80. The van der Waals surface area contributed by atoms with Gasteiger partial charge in [-0.15, -0.1) is 0 Å². The fourth-order valence-electron chi connectivity index (χ4n) is 2.22. The van der Waals surface area contributed by atoms with Gasteiger partial charge < -0.3 is 4.90 Å². The summed E-state index contributed by atoms with van der Waals surface area (Å²) < 4.78 is 50.5. The lowest BCUT2D eigenvalue weighted by Gasteiger charge is -2.24. The van der Waals surface area contributed by atoms with Gasteiger partial charge in [0, 0.05) is 13.1 Å². The molecular formula is C19H17F4NO. The predicted octanol–water partition coefficient (Wildman–Crippen LogP) is 5.08. The summed E-state index contributed by atoms with van der Waals surface area (Å²) in [6.07, 6.45) is -1.64. The summed E-state index contributed by atoms with van der Waals surface area (Å²) >= 11 is 0. The maximum absolute atomic E-state index is 13.0. The van der Waals surface area contributed by atoms with Gasteiger partial charge in [0.2, 0.25) is 5.91 Å². The van der Waals surface area contributed by atoms with Crippen LogP contribution >= 0.6 is 0 Å². The highest BCUT2D eigenvalue weighted by molar-refractivity contribution is 5.91. The number of hydrogen-bond donors (Lipinski definition) is 0. The number of nitrogens with zero attached hydrogens (tertiary/aromatic N) is 1. The average Bonchev–Trinajstić information content (AvgIpc) is 2.58. The van der Waals surface area contributed by atoms with Crippen molar-refractivity contribution in [3.05, 3.63) is 77.1 Å². The molecule has 0 radical (unpaired) electrons. The molecule has 1 atom stereocenters. The van der Waals surface area contributed by atoms with Gasteiger partial charge in [-0.2, -0.15) is 13.2 Å². The molecule has 1 unspecified atom stereocenters. The topological polar surface area (TPSA) is 20.3 Å². The van der Waals surface area contributed by atoms with Crippen molar-refractivity contribution in [2.24, 2.45) is 0 Å². The minimum atomic E-state index is -4.39. The second-order valence-corrected chi connectivity index (χ2v) is 5.63. The van der Waals surface area contributed by atoms with Crippen LogP contribution < -0.4 is 0 Å². The van der Waals surface area contributed by atoms with Crippen LogP contribution in [-0.4, -0.2) is 17.9 Å². The molecule has 0 aliphatic carbocycles. The molecule has 0 saturated heterocycles. The van der Waals surface area contributed by atoms with Crippen LogP contribution in [0.4, 0.5) is 17.6 Å². The van der Waals surface area contributed by atoms with Crippen LogP contribution in [0, 0.1) is 5.82 Å². The van der Waals surface area contributed by atoms with Gasteiger partial charge >= 0.3 is 6.18 Å². The zero-order valence-corrected chi connectivity index (χ0v) is 13.7. The first-order chi connectivity index (χ1) is 11.7. The van der Waals surface area contributed by atoms with Crippen molar-refractivity contribution in [2.45, 2.75) is 19.1 Å². The van der Waals surface area contributed by atoms with Gasteiger partial charge in [0.05, 0.1) is 11.6 Å². The van der Waals surface area contributed by atoms with E-state index in [2.05, 4.69) is 0 Å². The molecule has 132 valence electrons. The monoisotopic (exact) mass is 351 g/mol. The molecule has 0 aromatic heterocycles. The van der Waals surface area contributed by atoms with Crippen LogP contribution in [0.1, 0.15) is 29.7 Å². The van der Waals surface area contributed by atoms with Gasteiger partial charge in [-0.25, -0.2) is 4.39 Å². The molecule has 0 spiro atoms. The highest BCUT2D eigenvalue weighted by Crippen LogP contribution is 2.29. The van der Waals surface area contributed by atoms with Crippen LogP contribution in [0.3, 0.4) is 0 Å². The van der Waals surface area contributed by atoms with Crippen LogP contribution in [0.2, 0.25) is 0 Å². The van der Waals surface area contributed by atoms with Crippen molar-refractivity contribution in [3.63, 3.8) is 0 Å². The van der Waals surface area contributed by atoms with Gasteiger partial charge in [0.1, 0.15) is 5.82 Å². The number of carbonyl (C=O) groups is 1. The van der Waals surface area contributed by atoms with E-state index in [1.165, 1.54) is 41.3 Å². The third kappa shape index (κ3) is 4.92. The normalized spacial score (nSPS) is 13.0. The molecule has 2 aromatic carbocycles. The quantitative estimate of drug-likeness (QED) is 0.556. The Kier molecular flexibility index (Phi) is 5.62. The standard InChI is InChI=1S/C19H17F4NO/c1-13(15-6-10-17(20)11-7-15)24(2)18(25)12-5-14-3-8-16(9-4-14)19(21,22)23/h3-13H,1-2H3/b12-5+. The van der Waals surface area contributed by atoms with E-state index < -0.39 is 11.7 Å². The second-order valence-electron chi connectivity index (χ2n) is 5.63. The minimum absolute atomic E-state index is 0.273. The first kappa shape index (κ1) is 18.7. The predicted molar refractivity (Wildman–Crippen MR) is 88.1 cm³/mol. The van der Waals surface area contributed by atoms with Gasteiger partial charge in [-0.3, -0.25) is 4.79 Å². The summed E-state index contributed by atoms with van der Waals surface area (Å²) in [5, 5.41) is 0. The van der Waals surface area contributed by atoms with Gasteiger partial charge in [-0.1, -0.05) is 24.3 Å². The average molecular weight is 351 g/mol. The van der Waals surface area contributed by atoms with Crippen molar-refractivity contribution in [3.8, 4) is 0 Å². The molecular weight excluding hydrogens is 334 g/mol. The van der Waals surface area contributed by atoms with Crippen molar-refractivity contribution in [2.75, 3.05) is 7.05 Å². The van der Waals surface area contributed by atoms with Gasteiger partial charge in [0.15, 0.2) is 0 Å². The first-order valence-corrected chi connectivity index (χ1v) is 7.56. The molecule has 2 aromatic rings. The summed E-state index contributed by atoms with van der Waals surface area (Å²) in [6, 6.07) is 10.1. The molecule has 1 amide bonds. The zero-order valence-electron chi connectivity index (χ0n) is 13.7. The Balaban J connectivity index is 2.05. The van der Waals surface area contributed by atoms with Gasteiger partial charge in [-0.05, 0) is 48.4 Å². The number of rotatable bonds is 4. The number of hydrogen-bond acceptors (Lipinski definition) is 1. The summed E-state index contributed by atoms with van der Waals surface area (Å²) in [5.74, 6) is -0.663. The van der Waals surface area contributed by atoms with Crippen LogP contribution in [-0.2, 0) is 11.0 Å². The fourth-order valence-corrected chi connectivity index (χ4v) is 2.22. The maximum Gasteiger partial charge on any atom is 0.416 e. The maximum atomic E-state index is 13.0. The van der Waals surface area contributed by atoms with Crippen molar-refractivity contribution in [1.82, 2.24) is 4.90 Å². The minimum Gasteiger partial charge on any atom is -0.335 e. The molecule has 0 saturated carbocycles. The Morgan fingerprint density at radius 3 is 2.12 bits per heavy atom. The number of carbonyl (C=O) groups excluding carboxylic acids is 1. The van der Waals surface area contributed by atoms with Crippen LogP contribution in [0.25, 0.3) is 6.08 Å². The molecule has 0 bridgehead atoms. The van der Waals surface area contributed by atoms with E-state index in [0.717, 1.165) is 17.7 Å². The number of amides is 1. The largest absolute Gasteiger partial charge is 0.416 e. The Morgan fingerprint density at radius 1 is 1.04 bits per heavy atom. The number of benzene rings is 2. The summed E-state index contributed by atoms with van der Waals surface area (Å²) in [7, 11) is 1.60. The van der Waals surface area contributed by atoms with Crippen molar-refractivity contribution >= 4 is 12.0 Å². The Morgan fingerprint density at radius 2 is 1.60 bits per heavy atom. The molecule has 25 heavy (non-hydrogen) atoms. The van der Waals surface area contributed by atoms with Gasteiger partial charge in [0.25, 0.3) is 0 Å². The van der Waals surface area contributed by atoms with E-state index in [0.29, 0.717) is 5.56 Å². The fraction of sp³-hybridized carbons (Fsp3) is 0.211. The Hall–Kier alpha value is -2.63.